The van der Waals surface area contributed by atoms with Crippen molar-refractivity contribution in [2.24, 2.45) is 5.92 Å². The fraction of sp³-hybridized carbons (Fsp3) is 0.706. The lowest BCUT2D eigenvalue weighted by atomic mass is 9.84. The summed E-state index contributed by atoms with van der Waals surface area (Å²) < 4.78 is 5.35. The van der Waals surface area contributed by atoms with Crippen LogP contribution in [-0.2, 0) is 17.6 Å². The summed E-state index contributed by atoms with van der Waals surface area (Å²) in [5.74, 6) is -0.00814. The number of rotatable bonds is 2. The highest BCUT2D eigenvalue weighted by atomic mass is 16.5. The van der Waals surface area contributed by atoms with Gasteiger partial charge in [-0.15, -0.1) is 0 Å². The summed E-state index contributed by atoms with van der Waals surface area (Å²) >= 11 is 0. The Morgan fingerprint density at radius 1 is 1.13 bits per heavy atom. The van der Waals surface area contributed by atoms with Gasteiger partial charge in [0, 0.05) is 18.0 Å². The Bertz CT molecular complexity index is 639. The minimum Gasteiger partial charge on any atom is -0.480 e. The quantitative estimate of drug-likeness (QED) is 0.905. The average molecular weight is 318 g/mol. The Labute approximate surface area is 134 Å². The molecule has 1 aliphatic heterocycles. The number of carboxylic acid groups (broad SMARTS) is 1. The van der Waals surface area contributed by atoms with Crippen molar-refractivity contribution in [1.29, 1.82) is 0 Å². The molecule has 0 unspecified atom stereocenters. The fourth-order valence-corrected chi connectivity index (χ4v) is 4.65. The zero-order chi connectivity index (χ0) is 16.0. The number of hydrogen-bond donors (Lipinski definition) is 1. The molecular weight excluding hydrogens is 296 g/mol. The summed E-state index contributed by atoms with van der Waals surface area (Å²) in [7, 11) is 0. The number of nitrogens with zero attached hydrogens (tertiary/aromatic N) is 2. The van der Waals surface area contributed by atoms with Crippen LogP contribution in [0, 0.1) is 5.92 Å². The van der Waals surface area contributed by atoms with Crippen LogP contribution in [0.5, 0.6) is 0 Å². The maximum Gasteiger partial charge on any atom is 0.326 e. The number of likely N-dealkylation sites (tertiary alicyclic amines) is 1. The van der Waals surface area contributed by atoms with Gasteiger partial charge in [0.15, 0.2) is 5.69 Å². The van der Waals surface area contributed by atoms with E-state index in [1.165, 1.54) is 0 Å². The van der Waals surface area contributed by atoms with Crippen LogP contribution in [0.4, 0.5) is 0 Å². The van der Waals surface area contributed by atoms with Gasteiger partial charge in [-0.2, -0.15) is 0 Å². The van der Waals surface area contributed by atoms with Crippen LogP contribution in [-0.4, -0.2) is 39.1 Å². The third kappa shape index (κ3) is 2.35. The molecule has 1 aromatic rings. The molecular formula is C17H22N2O4. The first kappa shape index (κ1) is 14.7. The van der Waals surface area contributed by atoms with Gasteiger partial charge in [0.1, 0.15) is 11.8 Å². The van der Waals surface area contributed by atoms with Crippen LogP contribution in [0.15, 0.2) is 4.52 Å². The third-order valence-electron chi connectivity index (χ3n) is 5.76. The van der Waals surface area contributed by atoms with E-state index in [9.17, 15) is 14.7 Å². The van der Waals surface area contributed by atoms with Crippen LogP contribution < -0.4 is 0 Å². The van der Waals surface area contributed by atoms with E-state index < -0.39 is 12.0 Å². The van der Waals surface area contributed by atoms with Gasteiger partial charge in [0.05, 0.1) is 0 Å². The zero-order valence-electron chi connectivity index (χ0n) is 13.2. The van der Waals surface area contributed by atoms with Crippen LogP contribution in [0.3, 0.4) is 0 Å². The first-order valence-electron chi connectivity index (χ1n) is 8.69. The van der Waals surface area contributed by atoms with Crippen molar-refractivity contribution in [3.63, 3.8) is 0 Å². The topological polar surface area (TPSA) is 83.6 Å². The molecule has 6 nitrogen and oxygen atoms in total. The maximum atomic E-state index is 13.1. The molecule has 124 valence electrons. The SMILES string of the molecule is O=C(O)[C@@H]1C[C@@H]2CCCC[C@@H]2N1C(=O)c1noc2c1CCCC2. The van der Waals surface area contributed by atoms with Crippen LogP contribution in [0.1, 0.15) is 66.8 Å². The second-order valence-corrected chi connectivity index (χ2v) is 7.05. The van der Waals surface area contributed by atoms with Crippen molar-refractivity contribution in [3.05, 3.63) is 17.0 Å². The Kier molecular flexibility index (Phi) is 3.62. The van der Waals surface area contributed by atoms with E-state index in [2.05, 4.69) is 5.16 Å². The molecule has 2 fully saturated rings. The van der Waals surface area contributed by atoms with Gasteiger partial charge in [-0.25, -0.2) is 4.79 Å². The number of amides is 1. The summed E-state index contributed by atoms with van der Waals surface area (Å²) in [5, 5.41) is 13.6. The lowest BCUT2D eigenvalue weighted by Crippen LogP contribution is -2.46. The molecule has 1 aromatic heterocycles. The normalized spacial score (nSPS) is 29.9. The van der Waals surface area contributed by atoms with E-state index in [0.29, 0.717) is 18.0 Å². The molecule has 1 amide bonds. The highest BCUT2D eigenvalue weighted by molar-refractivity contribution is 5.97. The van der Waals surface area contributed by atoms with Gasteiger partial charge in [0.2, 0.25) is 0 Å². The predicted octanol–water partition coefficient (Wildman–Crippen LogP) is 2.41. The van der Waals surface area contributed by atoms with E-state index in [-0.39, 0.29) is 11.9 Å². The molecule has 23 heavy (non-hydrogen) atoms. The Balaban J connectivity index is 1.67. The van der Waals surface area contributed by atoms with Crippen molar-refractivity contribution in [1.82, 2.24) is 10.1 Å². The van der Waals surface area contributed by atoms with Crippen molar-refractivity contribution >= 4 is 11.9 Å². The first-order valence-corrected chi connectivity index (χ1v) is 8.69. The number of carboxylic acids is 1. The Hall–Kier alpha value is -1.85. The monoisotopic (exact) mass is 318 g/mol. The number of hydrogen-bond acceptors (Lipinski definition) is 4. The largest absolute Gasteiger partial charge is 0.480 e. The molecule has 0 aromatic carbocycles. The van der Waals surface area contributed by atoms with E-state index in [1.807, 2.05) is 0 Å². The summed E-state index contributed by atoms with van der Waals surface area (Å²) in [5.41, 5.74) is 1.27. The molecule has 1 saturated carbocycles. The molecule has 3 aliphatic rings. The molecule has 2 heterocycles. The third-order valence-corrected chi connectivity index (χ3v) is 5.76. The predicted molar refractivity (Wildman–Crippen MR) is 81.1 cm³/mol. The number of aryl methyl sites for hydroxylation is 1. The van der Waals surface area contributed by atoms with Gasteiger partial charge < -0.3 is 14.5 Å². The summed E-state index contributed by atoms with van der Waals surface area (Å²) in [6, 6.07) is -0.667. The zero-order valence-corrected chi connectivity index (χ0v) is 13.2. The van der Waals surface area contributed by atoms with Crippen LogP contribution in [0.25, 0.3) is 0 Å². The lowest BCUT2D eigenvalue weighted by molar-refractivity contribution is -0.141. The summed E-state index contributed by atoms with van der Waals surface area (Å²) in [4.78, 5) is 26.4. The smallest absolute Gasteiger partial charge is 0.326 e. The van der Waals surface area contributed by atoms with Crippen LogP contribution >= 0.6 is 0 Å². The highest BCUT2D eigenvalue weighted by Crippen LogP contribution is 2.41. The van der Waals surface area contributed by atoms with Crippen molar-refractivity contribution in [3.8, 4) is 0 Å². The Morgan fingerprint density at radius 3 is 2.74 bits per heavy atom. The fourth-order valence-electron chi connectivity index (χ4n) is 4.65. The van der Waals surface area contributed by atoms with Crippen molar-refractivity contribution in [2.75, 3.05) is 0 Å². The van der Waals surface area contributed by atoms with Gasteiger partial charge in [-0.05, 0) is 44.4 Å². The first-order chi connectivity index (χ1) is 11.2. The van der Waals surface area contributed by atoms with Gasteiger partial charge in [-0.3, -0.25) is 4.79 Å². The van der Waals surface area contributed by atoms with E-state index in [1.54, 1.807) is 4.90 Å². The van der Waals surface area contributed by atoms with Gasteiger partial charge in [-0.1, -0.05) is 18.0 Å². The molecule has 3 atom stereocenters. The molecule has 1 N–H and O–H groups in total. The van der Waals surface area contributed by atoms with E-state index in [0.717, 1.165) is 62.7 Å². The van der Waals surface area contributed by atoms with E-state index in [4.69, 9.17) is 4.52 Å². The summed E-state index contributed by atoms with van der Waals surface area (Å²) in [6.07, 6.45) is 8.42. The van der Waals surface area contributed by atoms with Crippen molar-refractivity contribution < 1.29 is 19.2 Å². The van der Waals surface area contributed by atoms with Crippen LogP contribution in [0.2, 0.25) is 0 Å². The molecule has 2 aliphatic carbocycles. The summed E-state index contributed by atoms with van der Waals surface area (Å²) in [6.45, 7) is 0. The van der Waals surface area contributed by atoms with E-state index >= 15 is 0 Å². The highest BCUT2D eigenvalue weighted by Gasteiger charge is 2.48. The molecule has 0 spiro atoms. The number of carbonyl (C=O) groups excluding carboxylic acids is 1. The number of fused-ring (bicyclic) bond motifs is 2. The van der Waals surface area contributed by atoms with Crippen molar-refractivity contribution in [2.45, 2.75) is 69.9 Å². The number of aromatic nitrogens is 1. The standard InChI is InChI=1S/C17H22N2O4/c20-16(15-11-6-2-4-8-14(11)23-18-15)19-12-7-3-1-5-10(12)9-13(19)17(21)22/h10,12-13H,1-9H2,(H,21,22)/t10-,12-,13-/m0/s1. The average Bonchev–Trinajstić information content (AvgIpc) is 3.16. The maximum absolute atomic E-state index is 13.1. The minimum absolute atomic E-state index is 0.0493. The van der Waals surface area contributed by atoms with Gasteiger partial charge in [0.25, 0.3) is 5.91 Å². The molecule has 1 saturated heterocycles. The molecule has 0 radical (unpaired) electrons. The van der Waals surface area contributed by atoms with Gasteiger partial charge >= 0.3 is 5.97 Å². The molecule has 4 rings (SSSR count). The second-order valence-electron chi connectivity index (χ2n) is 7.05. The number of aliphatic carboxylic acids is 1. The number of carbonyl (C=O) groups is 2. The second kappa shape index (κ2) is 5.65. The minimum atomic E-state index is -0.898. The lowest BCUT2D eigenvalue weighted by Gasteiger charge is -2.32. The molecule has 0 bridgehead atoms. The Morgan fingerprint density at radius 2 is 1.91 bits per heavy atom. The molecule has 6 heteroatoms.